The molecule has 2 N–H and O–H groups in total. The number of amides is 2. The number of primary amides is 1. The van der Waals surface area contributed by atoms with E-state index in [0.717, 1.165) is 16.1 Å². The normalized spacial score (nSPS) is 10.7. The lowest BCUT2D eigenvalue weighted by Gasteiger charge is -2.23. The van der Waals surface area contributed by atoms with Gasteiger partial charge in [0, 0.05) is 18.7 Å². The number of thiophene rings is 1. The van der Waals surface area contributed by atoms with Gasteiger partial charge in [0.1, 0.15) is 0 Å². The molecule has 2 rings (SSSR count). The average Bonchev–Trinajstić information content (AvgIpc) is 2.97. The highest BCUT2D eigenvalue weighted by Crippen LogP contribution is 2.28. The van der Waals surface area contributed by atoms with Crippen LogP contribution in [0.5, 0.6) is 0 Å². The van der Waals surface area contributed by atoms with Crippen molar-refractivity contribution in [1.29, 1.82) is 0 Å². The number of nitrogens with zero attached hydrogens (tertiary/aromatic N) is 1. The third-order valence-corrected chi connectivity index (χ3v) is 4.32. The fourth-order valence-electron chi connectivity index (χ4n) is 2.25. The Hall–Kier alpha value is -2.14. The average molecular weight is 316 g/mol. The number of hydrogen-bond acceptors (Lipinski definition) is 3. The standard InChI is InChI=1S/C17H20N2O2S/c1-12(2)14-9-11-22-16(14)17(21)19(10-8-15(18)20)13-6-4-3-5-7-13/h3-7,9,11-12H,8,10H2,1-2H3,(H2,18,20). The lowest BCUT2D eigenvalue weighted by atomic mass is 10.0. The molecule has 0 aliphatic heterocycles. The van der Waals surface area contributed by atoms with Gasteiger partial charge < -0.3 is 10.6 Å². The first-order chi connectivity index (χ1) is 10.5. The van der Waals surface area contributed by atoms with E-state index in [2.05, 4.69) is 13.8 Å². The molecular formula is C17H20N2O2S. The van der Waals surface area contributed by atoms with Gasteiger partial charge in [0.2, 0.25) is 5.91 Å². The van der Waals surface area contributed by atoms with Crippen LogP contribution in [-0.2, 0) is 4.79 Å². The van der Waals surface area contributed by atoms with Gasteiger partial charge >= 0.3 is 0 Å². The Balaban J connectivity index is 2.33. The van der Waals surface area contributed by atoms with E-state index in [4.69, 9.17) is 5.73 Å². The van der Waals surface area contributed by atoms with Crippen LogP contribution in [0.3, 0.4) is 0 Å². The Bertz CT molecular complexity index is 650. The van der Waals surface area contributed by atoms with Gasteiger partial charge in [-0.1, -0.05) is 32.0 Å². The maximum absolute atomic E-state index is 12.9. The predicted octanol–water partition coefficient (Wildman–Crippen LogP) is 3.39. The summed E-state index contributed by atoms with van der Waals surface area (Å²) >= 11 is 1.44. The van der Waals surface area contributed by atoms with Crippen molar-refractivity contribution in [3.8, 4) is 0 Å². The lowest BCUT2D eigenvalue weighted by molar-refractivity contribution is -0.117. The SMILES string of the molecule is CC(C)c1ccsc1C(=O)N(CCC(N)=O)c1ccccc1. The molecule has 5 heteroatoms. The molecule has 2 aromatic rings. The van der Waals surface area contributed by atoms with Gasteiger partial charge in [-0.3, -0.25) is 9.59 Å². The maximum atomic E-state index is 12.9. The zero-order chi connectivity index (χ0) is 16.1. The summed E-state index contributed by atoms with van der Waals surface area (Å²) in [7, 11) is 0. The van der Waals surface area contributed by atoms with Gasteiger partial charge in [0.05, 0.1) is 4.88 Å². The molecule has 0 fully saturated rings. The molecule has 0 saturated heterocycles. The van der Waals surface area contributed by atoms with Crippen LogP contribution in [-0.4, -0.2) is 18.4 Å². The van der Waals surface area contributed by atoms with Crippen LogP contribution >= 0.6 is 11.3 Å². The van der Waals surface area contributed by atoms with Gasteiger partial charge in [-0.2, -0.15) is 0 Å². The molecule has 0 atom stereocenters. The van der Waals surface area contributed by atoms with Crippen LogP contribution in [0.1, 0.15) is 41.4 Å². The first kappa shape index (κ1) is 16.2. The first-order valence-corrected chi connectivity index (χ1v) is 8.11. The van der Waals surface area contributed by atoms with Crippen molar-refractivity contribution in [1.82, 2.24) is 0 Å². The molecule has 0 radical (unpaired) electrons. The number of hydrogen-bond donors (Lipinski definition) is 1. The van der Waals surface area contributed by atoms with Crippen LogP contribution in [0, 0.1) is 0 Å². The van der Waals surface area contributed by atoms with Crippen molar-refractivity contribution in [2.24, 2.45) is 5.73 Å². The molecule has 116 valence electrons. The van der Waals surface area contributed by atoms with Gasteiger partial charge in [0.15, 0.2) is 0 Å². The molecule has 0 bridgehead atoms. The minimum atomic E-state index is -0.413. The number of rotatable bonds is 6. The quantitative estimate of drug-likeness (QED) is 0.888. The van der Waals surface area contributed by atoms with Gasteiger partial charge in [-0.15, -0.1) is 11.3 Å². The molecule has 0 saturated carbocycles. The summed E-state index contributed by atoms with van der Waals surface area (Å²) in [4.78, 5) is 26.4. The Morgan fingerprint density at radius 1 is 1.18 bits per heavy atom. The van der Waals surface area contributed by atoms with E-state index >= 15 is 0 Å². The molecule has 22 heavy (non-hydrogen) atoms. The van der Waals surface area contributed by atoms with E-state index in [1.807, 2.05) is 41.8 Å². The number of benzene rings is 1. The fraction of sp³-hybridized carbons (Fsp3) is 0.294. The van der Waals surface area contributed by atoms with Crippen LogP contribution < -0.4 is 10.6 Å². The molecule has 1 aromatic carbocycles. The summed E-state index contributed by atoms with van der Waals surface area (Å²) in [5, 5.41) is 1.93. The molecule has 0 aliphatic rings. The van der Waals surface area contributed by atoms with Gasteiger partial charge in [-0.25, -0.2) is 0 Å². The second kappa shape index (κ2) is 7.22. The summed E-state index contributed by atoms with van der Waals surface area (Å²) in [5.74, 6) is -0.214. The minimum absolute atomic E-state index is 0.0776. The monoisotopic (exact) mass is 316 g/mol. The highest BCUT2D eigenvalue weighted by Gasteiger charge is 2.23. The molecule has 0 unspecified atom stereocenters. The zero-order valence-corrected chi connectivity index (χ0v) is 13.6. The van der Waals surface area contributed by atoms with Crippen LogP contribution in [0.4, 0.5) is 5.69 Å². The molecule has 4 nitrogen and oxygen atoms in total. The number of para-hydroxylation sites is 1. The van der Waals surface area contributed by atoms with Crippen molar-refractivity contribution in [3.05, 3.63) is 52.2 Å². The molecule has 0 aliphatic carbocycles. The number of anilines is 1. The molecule has 0 spiro atoms. The topological polar surface area (TPSA) is 63.4 Å². The molecule has 1 aromatic heterocycles. The highest BCUT2D eigenvalue weighted by molar-refractivity contribution is 7.12. The number of carbonyl (C=O) groups excluding carboxylic acids is 2. The van der Waals surface area contributed by atoms with E-state index < -0.39 is 5.91 Å². The van der Waals surface area contributed by atoms with E-state index in [-0.39, 0.29) is 24.8 Å². The second-order valence-electron chi connectivity index (χ2n) is 5.37. The third-order valence-electron chi connectivity index (χ3n) is 3.41. The Morgan fingerprint density at radius 3 is 2.45 bits per heavy atom. The summed E-state index contributed by atoms with van der Waals surface area (Å²) < 4.78 is 0. The van der Waals surface area contributed by atoms with Crippen LogP contribution in [0.2, 0.25) is 0 Å². The van der Waals surface area contributed by atoms with Crippen LogP contribution in [0.25, 0.3) is 0 Å². The number of carbonyl (C=O) groups is 2. The Kier molecular flexibility index (Phi) is 5.33. The van der Waals surface area contributed by atoms with Gasteiger partial charge in [-0.05, 0) is 35.1 Å². The van der Waals surface area contributed by atoms with Crippen molar-refractivity contribution in [2.75, 3.05) is 11.4 Å². The number of nitrogens with two attached hydrogens (primary N) is 1. The fourth-order valence-corrected chi connectivity index (χ4v) is 3.25. The maximum Gasteiger partial charge on any atom is 0.268 e. The summed E-state index contributed by atoms with van der Waals surface area (Å²) in [6.45, 7) is 4.41. The third kappa shape index (κ3) is 3.74. The predicted molar refractivity (Wildman–Crippen MR) is 90.3 cm³/mol. The zero-order valence-electron chi connectivity index (χ0n) is 12.8. The highest BCUT2D eigenvalue weighted by atomic mass is 32.1. The van der Waals surface area contributed by atoms with Crippen molar-refractivity contribution < 1.29 is 9.59 Å². The summed E-state index contributed by atoms with van der Waals surface area (Å²) in [6.07, 6.45) is 0.142. The van der Waals surface area contributed by atoms with Crippen LogP contribution in [0.15, 0.2) is 41.8 Å². The van der Waals surface area contributed by atoms with Crippen molar-refractivity contribution in [3.63, 3.8) is 0 Å². The van der Waals surface area contributed by atoms with Gasteiger partial charge in [0.25, 0.3) is 5.91 Å². The Labute approximate surface area is 134 Å². The summed E-state index contributed by atoms with van der Waals surface area (Å²) in [6, 6.07) is 11.4. The largest absolute Gasteiger partial charge is 0.370 e. The lowest BCUT2D eigenvalue weighted by Crippen LogP contribution is -2.34. The molecular weight excluding hydrogens is 296 g/mol. The minimum Gasteiger partial charge on any atom is -0.370 e. The molecule has 1 heterocycles. The summed E-state index contributed by atoms with van der Waals surface area (Å²) in [5.41, 5.74) is 7.05. The second-order valence-corrected chi connectivity index (χ2v) is 6.28. The van der Waals surface area contributed by atoms with Crippen molar-refractivity contribution >= 4 is 28.8 Å². The molecule has 2 amide bonds. The van der Waals surface area contributed by atoms with Crippen molar-refractivity contribution in [2.45, 2.75) is 26.2 Å². The van der Waals surface area contributed by atoms with E-state index in [9.17, 15) is 9.59 Å². The van der Waals surface area contributed by atoms with E-state index in [0.29, 0.717) is 0 Å². The Morgan fingerprint density at radius 2 is 1.86 bits per heavy atom. The van der Waals surface area contributed by atoms with E-state index in [1.54, 1.807) is 4.90 Å². The van der Waals surface area contributed by atoms with E-state index in [1.165, 1.54) is 11.3 Å². The first-order valence-electron chi connectivity index (χ1n) is 7.23. The smallest absolute Gasteiger partial charge is 0.268 e.